The third-order valence-corrected chi connectivity index (χ3v) is 4.39. The number of hydrogen-bond donors (Lipinski definition) is 0. The third kappa shape index (κ3) is 4.10. The van der Waals surface area contributed by atoms with Gasteiger partial charge in [-0.25, -0.2) is 8.78 Å². The lowest BCUT2D eigenvalue weighted by Crippen LogP contribution is -2.10. The summed E-state index contributed by atoms with van der Waals surface area (Å²) < 4.78 is 43.0. The molecule has 2 aromatic rings. The van der Waals surface area contributed by atoms with Gasteiger partial charge in [0.15, 0.2) is 11.5 Å². The standard InChI is InChI=1S/C19H21F2NO5/c1-11(12-8-16(25-3)18(27-5)17(9-12)26-4)14-7-6-13(19(2,20)21)10-15(14)22(23)24/h6-11H,1-5H3. The summed E-state index contributed by atoms with van der Waals surface area (Å²) in [6.07, 6.45) is 0. The lowest BCUT2D eigenvalue weighted by Gasteiger charge is -2.19. The van der Waals surface area contributed by atoms with Gasteiger partial charge in [-0.1, -0.05) is 19.1 Å². The minimum atomic E-state index is -3.17. The molecule has 6 nitrogen and oxygen atoms in total. The van der Waals surface area contributed by atoms with E-state index in [1.54, 1.807) is 19.1 Å². The second kappa shape index (κ2) is 7.77. The van der Waals surface area contributed by atoms with Crippen LogP contribution < -0.4 is 14.2 Å². The number of nitro benzene ring substituents is 1. The van der Waals surface area contributed by atoms with Crippen molar-refractivity contribution in [2.45, 2.75) is 25.7 Å². The zero-order valence-electron chi connectivity index (χ0n) is 15.7. The summed E-state index contributed by atoms with van der Waals surface area (Å²) in [5, 5.41) is 11.5. The molecule has 0 bridgehead atoms. The zero-order chi connectivity index (χ0) is 20.4. The van der Waals surface area contributed by atoms with Crippen LogP contribution in [0.2, 0.25) is 0 Å². The number of hydrogen-bond acceptors (Lipinski definition) is 5. The lowest BCUT2D eigenvalue weighted by molar-refractivity contribution is -0.385. The first-order valence-electron chi connectivity index (χ1n) is 8.10. The van der Waals surface area contributed by atoms with Gasteiger partial charge >= 0.3 is 0 Å². The first-order chi connectivity index (χ1) is 12.6. The van der Waals surface area contributed by atoms with Gasteiger partial charge in [0, 0.05) is 30.0 Å². The average molecular weight is 381 g/mol. The van der Waals surface area contributed by atoms with Crippen molar-refractivity contribution in [3.8, 4) is 17.2 Å². The number of nitrogens with zero attached hydrogens (tertiary/aromatic N) is 1. The second-order valence-electron chi connectivity index (χ2n) is 6.10. The molecule has 0 spiro atoms. The number of methoxy groups -OCH3 is 3. The minimum Gasteiger partial charge on any atom is -0.493 e. The average Bonchev–Trinajstić information content (AvgIpc) is 2.64. The molecule has 0 N–H and O–H groups in total. The summed E-state index contributed by atoms with van der Waals surface area (Å²) >= 11 is 0. The van der Waals surface area contributed by atoms with Gasteiger partial charge in [0.1, 0.15) is 0 Å². The fourth-order valence-corrected chi connectivity index (χ4v) is 2.87. The van der Waals surface area contributed by atoms with Crippen molar-refractivity contribution in [1.82, 2.24) is 0 Å². The van der Waals surface area contributed by atoms with Crippen LogP contribution in [0.4, 0.5) is 14.5 Å². The number of ether oxygens (including phenoxy) is 3. The molecule has 0 aliphatic heterocycles. The molecule has 0 fully saturated rings. The molecule has 2 rings (SSSR count). The Hall–Kier alpha value is -2.90. The molecule has 0 saturated heterocycles. The monoisotopic (exact) mass is 381 g/mol. The normalized spacial score (nSPS) is 12.4. The van der Waals surface area contributed by atoms with Crippen LogP contribution in [-0.2, 0) is 5.92 Å². The summed E-state index contributed by atoms with van der Waals surface area (Å²) in [6, 6.07) is 6.84. The van der Waals surface area contributed by atoms with E-state index in [2.05, 4.69) is 0 Å². The number of halogens is 2. The largest absolute Gasteiger partial charge is 0.493 e. The van der Waals surface area contributed by atoms with Crippen LogP contribution in [0.1, 0.15) is 36.5 Å². The van der Waals surface area contributed by atoms with Crippen molar-refractivity contribution in [3.05, 3.63) is 57.1 Å². The Balaban J connectivity index is 2.61. The van der Waals surface area contributed by atoms with Gasteiger partial charge in [-0.2, -0.15) is 0 Å². The molecular formula is C19H21F2NO5. The second-order valence-corrected chi connectivity index (χ2v) is 6.10. The molecule has 0 heterocycles. The summed E-state index contributed by atoms with van der Waals surface area (Å²) in [5.41, 5.74) is 0.191. The highest BCUT2D eigenvalue weighted by atomic mass is 19.3. The molecular weight excluding hydrogens is 360 g/mol. The minimum absolute atomic E-state index is 0.308. The molecule has 0 aliphatic carbocycles. The number of nitro groups is 1. The Morgan fingerprint density at radius 1 is 1.04 bits per heavy atom. The van der Waals surface area contributed by atoms with Crippen LogP contribution in [-0.4, -0.2) is 26.3 Å². The smallest absolute Gasteiger partial charge is 0.273 e. The van der Waals surface area contributed by atoms with Gasteiger partial charge in [0.05, 0.1) is 26.3 Å². The van der Waals surface area contributed by atoms with Gasteiger partial charge in [0.25, 0.3) is 11.6 Å². The van der Waals surface area contributed by atoms with Crippen molar-refractivity contribution in [3.63, 3.8) is 0 Å². The van der Waals surface area contributed by atoms with Crippen LogP contribution in [0.25, 0.3) is 0 Å². The van der Waals surface area contributed by atoms with E-state index in [-0.39, 0.29) is 5.69 Å². The zero-order valence-corrected chi connectivity index (χ0v) is 15.7. The van der Waals surface area contributed by atoms with E-state index in [4.69, 9.17) is 14.2 Å². The maximum atomic E-state index is 13.6. The SMILES string of the molecule is COc1cc(C(C)c2ccc(C(C)(F)F)cc2[N+](=O)[O-])cc(OC)c1OC. The van der Waals surface area contributed by atoms with Crippen LogP contribution in [0.15, 0.2) is 30.3 Å². The molecule has 0 aromatic heterocycles. The van der Waals surface area contributed by atoms with Crippen molar-refractivity contribution < 1.29 is 27.9 Å². The lowest BCUT2D eigenvalue weighted by atomic mass is 9.90. The molecule has 1 unspecified atom stereocenters. The summed E-state index contributed by atoms with van der Waals surface area (Å²) in [7, 11) is 4.40. The van der Waals surface area contributed by atoms with Crippen LogP contribution in [0.3, 0.4) is 0 Å². The molecule has 0 amide bonds. The van der Waals surface area contributed by atoms with Crippen molar-refractivity contribution in [2.24, 2.45) is 0 Å². The van der Waals surface area contributed by atoms with E-state index in [9.17, 15) is 18.9 Å². The van der Waals surface area contributed by atoms with Crippen LogP contribution in [0, 0.1) is 10.1 Å². The van der Waals surface area contributed by atoms with E-state index < -0.39 is 22.3 Å². The molecule has 2 aromatic carbocycles. The molecule has 146 valence electrons. The summed E-state index contributed by atoms with van der Waals surface area (Å²) in [4.78, 5) is 10.8. The fraction of sp³-hybridized carbons (Fsp3) is 0.368. The summed E-state index contributed by atoms with van der Waals surface area (Å²) in [6.45, 7) is 2.45. The Morgan fingerprint density at radius 3 is 2.00 bits per heavy atom. The van der Waals surface area contributed by atoms with Gasteiger partial charge in [-0.15, -0.1) is 0 Å². The first kappa shape index (κ1) is 20.4. The molecule has 0 saturated carbocycles. The van der Waals surface area contributed by atoms with E-state index in [1.807, 2.05) is 0 Å². The van der Waals surface area contributed by atoms with E-state index in [0.29, 0.717) is 35.3 Å². The molecule has 1 atom stereocenters. The predicted molar refractivity (Wildman–Crippen MR) is 96.3 cm³/mol. The number of benzene rings is 2. The van der Waals surface area contributed by atoms with Crippen LogP contribution in [0.5, 0.6) is 17.2 Å². The van der Waals surface area contributed by atoms with Gasteiger partial charge in [-0.3, -0.25) is 10.1 Å². The maximum absolute atomic E-state index is 13.6. The maximum Gasteiger partial charge on any atom is 0.273 e. The van der Waals surface area contributed by atoms with E-state index in [1.165, 1.54) is 33.5 Å². The Bertz CT molecular complexity index is 823. The van der Waals surface area contributed by atoms with Gasteiger partial charge < -0.3 is 14.2 Å². The first-order valence-corrected chi connectivity index (χ1v) is 8.10. The summed E-state index contributed by atoms with van der Waals surface area (Å²) in [5.74, 6) is -2.44. The highest BCUT2D eigenvalue weighted by molar-refractivity contribution is 5.57. The third-order valence-electron chi connectivity index (χ3n) is 4.39. The molecule has 0 aliphatic rings. The Kier molecular flexibility index (Phi) is 5.88. The van der Waals surface area contributed by atoms with E-state index >= 15 is 0 Å². The number of alkyl halides is 2. The topological polar surface area (TPSA) is 70.8 Å². The number of rotatable bonds is 7. The van der Waals surface area contributed by atoms with Gasteiger partial charge in [-0.05, 0) is 17.7 Å². The molecule has 0 radical (unpaired) electrons. The molecule has 27 heavy (non-hydrogen) atoms. The molecule has 8 heteroatoms. The Labute approximate surface area is 155 Å². The van der Waals surface area contributed by atoms with Crippen molar-refractivity contribution in [2.75, 3.05) is 21.3 Å². The van der Waals surface area contributed by atoms with Crippen molar-refractivity contribution in [1.29, 1.82) is 0 Å². The highest BCUT2D eigenvalue weighted by Crippen LogP contribution is 2.43. The quantitative estimate of drug-likeness (QED) is 0.505. The van der Waals surface area contributed by atoms with E-state index in [0.717, 1.165) is 6.07 Å². The predicted octanol–water partition coefficient (Wildman–Crippen LogP) is 4.88. The van der Waals surface area contributed by atoms with Gasteiger partial charge in [0.2, 0.25) is 5.75 Å². The van der Waals surface area contributed by atoms with Crippen LogP contribution >= 0.6 is 0 Å². The highest BCUT2D eigenvalue weighted by Gasteiger charge is 2.30. The van der Waals surface area contributed by atoms with Crippen molar-refractivity contribution >= 4 is 5.69 Å². The Morgan fingerprint density at radius 2 is 1.59 bits per heavy atom. The fourth-order valence-electron chi connectivity index (χ4n) is 2.87.